The van der Waals surface area contributed by atoms with Crippen LogP contribution in [-0.2, 0) is 13.0 Å². The molecule has 0 saturated carbocycles. The SMILES string of the molecule is O=C(N[C@@H]1CCCc2c1cnn2Cc1ccccc1)c1ccc[nH]c1=S. The third kappa shape index (κ3) is 3.32. The molecule has 1 aliphatic carbocycles. The molecule has 0 bridgehead atoms. The normalized spacial score (nSPS) is 16.1. The van der Waals surface area contributed by atoms with Crippen molar-refractivity contribution < 1.29 is 4.79 Å². The first-order valence-electron chi connectivity index (χ1n) is 8.79. The highest BCUT2D eigenvalue weighted by Gasteiger charge is 2.26. The van der Waals surface area contributed by atoms with Gasteiger partial charge in [-0.2, -0.15) is 5.10 Å². The van der Waals surface area contributed by atoms with E-state index in [1.54, 1.807) is 18.3 Å². The van der Waals surface area contributed by atoms with Crippen LogP contribution in [0.5, 0.6) is 0 Å². The van der Waals surface area contributed by atoms with Gasteiger partial charge in [-0.25, -0.2) is 0 Å². The van der Waals surface area contributed by atoms with E-state index < -0.39 is 0 Å². The van der Waals surface area contributed by atoms with E-state index in [2.05, 4.69) is 32.2 Å². The van der Waals surface area contributed by atoms with Crippen LogP contribution in [-0.4, -0.2) is 20.7 Å². The molecular weight excluding hydrogens is 344 g/mol. The van der Waals surface area contributed by atoms with Crippen molar-refractivity contribution in [2.75, 3.05) is 0 Å². The predicted molar refractivity (Wildman–Crippen MR) is 103 cm³/mol. The molecule has 0 fully saturated rings. The lowest BCUT2D eigenvalue weighted by Crippen LogP contribution is -2.31. The highest BCUT2D eigenvalue weighted by atomic mass is 32.1. The van der Waals surface area contributed by atoms with Gasteiger partial charge in [0.2, 0.25) is 0 Å². The third-order valence-electron chi connectivity index (χ3n) is 4.81. The number of hydrogen-bond acceptors (Lipinski definition) is 3. The van der Waals surface area contributed by atoms with Crippen molar-refractivity contribution >= 4 is 18.1 Å². The number of amides is 1. The van der Waals surface area contributed by atoms with Crippen molar-refractivity contribution in [2.24, 2.45) is 0 Å². The van der Waals surface area contributed by atoms with Gasteiger partial charge in [0, 0.05) is 17.5 Å². The fourth-order valence-electron chi connectivity index (χ4n) is 3.50. The smallest absolute Gasteiger partial charge is 0.254 e. The van der Waals surface area contributed by atoms with Crippen LogP contribution in [0.3, 0.4) is 0 Å². The molecule has 1 atom stereocenters. The topological polar surface area (TPSA) is 62.7 Å². The van der Waals surface area contributed by atoms with Gasteiger partial charge in [0.1, 0.15) is 4.64 Å². The summed E-state index contributed by atoms with van der Waals surface area (Å²) in [5.41, 5.74) is 4.06. The number of nitrogens with zero attached hydrogens (tertiary/aromatic N) is 2. The van der Waals surface area contributed by atoms with Crippen LogP contribution >= 0.6 is 12.2 Å². The molecule has 6 heteroatoms. The molecule has 0 radical (unpaired) electrons. The summed E-state index contributed by atoms with van der Waals surface area (Å²) < 4.78 is 2.51. The van der Waals surface area contributed by atoms with Crippen molar-refractivity contribution in [1.82, 2.24) is 20.1 Å². The Balaban J connectivity index is 1.56. The molecule has 1 aliphatic rings. The molecule has 5 nitrogen and oxygen atoms in total. The number of aromatic nitrogens is 3. The van der Waals surface area contributed by atoms with E-state index in [0.717, 1.165) is 31.4 Å². The van der Waals surface area contributed by atoms with Crippen LogP contribution in [0.15, 0.2) is 54.9 Å². The number of nitrogens with one attached hydrogen (secondary N) is 2. The molecule has 1 amide bonds. The summed E-state index contributed by atoms with van der Waals surface area (Å²) in [7, 11) is 0. The zero-order chi connectivity index (χ0) is 17.9. The first-order valence-corrected chi connectivity index (χ1v) is 9.20. The lowest BCUT2D eigenvalue weighted by molar-refractivity contribution is 0.0931. The third-order valence-corrected chi connectivity index (χ3v) is 5.14. The fourth-order valence-corrected chi connectivity index (χ4v) is 3.73. The monoisotopic (exact) mass is 364 g/mol. The van der Waals surface area contributed by atoms with E-state index in [-0.39, 0.29) is 11.9 Å². The molecule has 0 spiro atoms. The number of H-pyrrole nitrogens is 1. The molecule has 1 aromatic carbocycles. The summed E-state index contributed by atoms with van der Waals surface area (Å²) in [6.07, 6.45) is 6.55. The molecule has 0 aliphatic heterocycles. The molecule has 132 valence electrons. The van der Waals surface area contributed by atoms with Crippen molar-refractivity contribution in [1.29, 1.82) is 0 Å². The van der Waals surface area contributed by atoms with E-state index in [1.165, 1.54) is 11.3 Å². The quantitative estimate of drug-likeness (QED) is 0.692. The van der Waals surface area contributed by atoms with Crippen molar-refractivity contribution in [3.8, 4) is 0 Å². The summed E-state index contributed by atoms with van der Waals surface area (Å²) in [6.45, 7) is 0.751. The maximum Gasteiger partial charge on any atom is 0.254 e. The maximum absolute atomic E-state index is 12.6. The Morgan fingerprint density at radius 1 is 1.27 bits per heavy atom. The number of carbonyl (C=O) groups is 1. The highest BCUT2D eigenvalue weighted by molar-refractivity contribution is 7.71. The fraction of sp³-hybridized carbons (Fsp3) is 0.250. The second-order valence-electron chi connectivity index (χ2n) is 6.52. The maximum atomic E-state index is 12.6. The highest BCUT2D eigenvalue weighted by Crippen LogP contribution is 2.30. The summed E-state index contributed by atoms with van der Waals surface area (Å²) in [5.74, 6) is -0.138. The summed E-state index contributed by atoms with van der Waals surface area (Å²) in [6, 6.07) is 13.8. The minimum absolute atomic E-state index is 0.0228. The summed E-state index contributed by atoms with van der Waals surface area (Å²) in [4.78, 5) is 15.5. The number of fused-ring (bicyclic) bond motifs is 1. The summed E-state index contributed by atoms with van der Waals surface area (Å²) in [5, 5.41) is 7.71. The molecule has 3 aromatic rings. The van der Waals surface area contributed by atoms with Crippen molar-refractivity contribution in [3.05, 3.63) is 81.9 Å². The zero-order valence-electron chi connectivity index (χ0n) is 14.3. The molecule has 2 aromatic heterocycles. The van der Waals surface area contributed by atoms with Gasteiger partial charge in [0.25, 0.3) is 5.91 Å². The second kappa shape index (κ2) is 7.25. The zero-order valence-corrected chi connectivity index (χ0v) is 15.1. The number of rotatable bonds is 4. The van der Waals surface area contributed by atoms with Crippen LogP contribution in [0, 0.1) is 4.64 Å². The number of aromatic amines is 1. The standard InChI is InChI=1S/C20H20N4OS/c25-19(15-8-5-11-21-20(15)26)23-17-9-4-10-18-16(17)12-22-24(18)13-14-6-2-1-3-7-14/h1-3,5-8,11-12,17H,4,9-10,13H2,(H,21,26)(H,23,25)/t17-/m1/s1. The lowest BCUT2D eigenvalue weighted by atomic mass is 9.92. The molecular formula is C20H20N4OS. The van der Waals surface area contributed by atoms with Crippen LogP contribution < -0.4 is 5.32 Å². The number of benzene rings is 1. The minimum Gasteiger partial charge on any atom is -0.352 e. The lowest BCUT2D eigenvalue weighted by Gasteiger charge is -2.24. The van der Waals surface area contributed by atoms with E-state index in [4.69, 9.17) is 12.2 Å². The van der Waals surface area contributed by atoms with Crippen LogP contribution in [0.2, 0.25) is 0 Å². The molecule has 26 heavy (non-hydrogen) atoms. The van der Waals surface area contributed by atoms with Crippen LogP contribution in [0.25, 0.3) is 0 Å². The van der Waals surface area contributed by atoms with Gasteiger partial charge in [-0.15, -0.1) is 0 Å². The summed E-state index contributed by atoms with van der Waals surface area (Å²) >= 11 is 5.22. The largest absolute Gasteiger partial charge is 0.352 e. The van der Waals surface area contributed by atoms with Crippen molar-refractivity contribution in [2.45, 2.75) is 31.8 Å². The first kappa shape index (κ1) is 16.7. The average molecular weight is 364 g/mol. The van der Waals surface area contributed by atoms with Gasteiger partial charge in [-0.1, -0.05) is 42.5 Å². The number of pyridine rings is 1. The number of carbonyl (C=O) groups excluding carboxylic acids is 1. The van der Waals surface area contributed by atoms with E-state index in [9.17, 15) is 4.79 Å². The molecule has 2 heterocycles. The van der Waals surface area contributed by atoms with E-state index >= 15 is 0 Å². The Morgan fingerprint density at radius 3 is 2.92 bits per heavy atom. The van der Waals surface area contributed by atoms with E-state index in [0.29, 0.717) is 10.2 Å². The minimum atomic E-state index is -0.138. The predicted octanol–water partition coefficient (Wildman–Crippen LogP) is 3.80. The molecule has 0 saturated heterocycles. The van der Waals surface area contributed by atoms with Crippen LogP contribution in [0.4, 0.5) is 0 Å². The van der Waals surface area contributed by atoms with Crippen LogP contribution in [0.1, 0.15) is 46.1 Å². The van der Waals surface area contributed by atoms with Gasteiger partial charge in [-0.3, -0.25) is 9.48 Å². The Bertz CT molecular complexity index is 977. The Hall–Kier alpha value is -2.73. The molecule has 2 N–H and O–H groups in total. The van der Waals surface area contributed by atoms with Crippen molar-refractivity contribution in [3.63, 3.8) is 0 Å². The Kier molecular flexibility index (Phi) is 4.67. The van der Waals surface area contributed by atoms with Gasteiger partial charge in [0.15, 0.2) is 0 Å². The first-order chi connectivity index (χ1) is 12.7. The Morgan fingerprint density at radius 2 is 2.12 bits per heavy atom. The van der Waals surface area contributed by atoms with Gasteiger partial charge < -0.3 is 10.3 Å². The van der Waals surface area contributed by atoms with Gasteiger partial charge in [0.05, 0.1) is 24.3 Å². The molecule has 0 unspecified atom stereocenters. The Labute approximate surface area is 157 Å². The van der Waals surface area contributed by atoms with E-state index in [1.807, 2.05) is 24.4 Å². The second-order valence-corrected chi connectivity index (χ2v) is 6.93. The average Bonchev–Trinajstić information content (AvgIpc) is 3.07. The van der Waals surface area contributed by atoms with Gasteiger partial charge in [-0.05, 0) is 37.0 Å². The number of hydrogen-bond donors (Lipinski definition) is 2. The molecule has 4 rings (SSSR count). The van der Waals surface area contributed by atoms with Gasteiger partial charge >= 0.3 is 0 Å².